The molecule has 1 rings (SSSR count). The van der Waals surface area contributed by atoms with Crippen LogP contribution < -0.4 is 5.32 Å². The Kier molecular flexibility index (Phi) is 7.59. The number of methoxy groups -OCH3 is 1. The maximum absolute atomic E-state index is 12.8. The van der Waals surface area contributed by atoms with Gasteiger partial charge in [0, 0.05) is 19.7 Å². The molecule has 2 atom stereocenters. The van der Waals surface area contributed by atoms with Crippen LogP contribution in [-0.4, -0.2) is 44.7 Å². The van der Waals surface area contributed by atoms with Gasteiger partial charge >= 0.3 is 0 Å². The zero-order chi connectivity index (χ0) is 14.1. The van der Waals surface area contributed by atoms with Crippen LogP contribution in [-0.2, 0) is 9.47 Å². The van der Waals surface area contributed by atoms with Crippen LogP contribution in [0.25, 0.3) is 0 Å². The summed E-state index contributed by atoms with van der Waals surface area (Å²) < 4.78 is 22.8. The smallest absolute Gasteiger partial charge is 0.123 e. The summed E-state index contributed by atoms with van der Waals surface area (Å²) in [6.07, 6.45) is -0.570. The van der Waals surface area contributed by atoms with Crippen LogP contribution >= 0.6 is 0 Å². The number of halogens is 1. The lowest BCUT2D eigenvalue weighted by Gasteiger charge is -2.17. The first-order valence-electron chi connectivity index (χ1n) is 6.37. The zero-order valence-corrected chi connectivity index (χ0v) is 11.4. The van der Waals surface area contributed by atoms with E-state index in [2.05, 4.69) is 5.32 Å². The molecule has 2 N–H and O–H groups in total. The number of aliphatic hydroxyl groups is 1. The molecule has 19 heavy (non-hydrogen) atoms. The van der Waals surface area contributed by atoms with Crippen LogP contribution in [0.15, 0.2) is 24.3 Å². The molecule has 4 nitrogen and oxygen atoms in total. The second-order valence-electron chi connectivity index (χ2n) is 4.40. The highest BCUT2D eigenvalue weighted by Crippen LogP contribution is 2.12. The zero-order valence-electron chi connectivity index (χ0n) is 11.4. The first kappa shape index (κ1) is 16.0. The van der Waals surface area contributed by atoms with Crippen molar-refractivity contribution in [1.82, 2.24) is 5.32 Å². The molecule has 0 amide bonds. The van der Waals surface area contributed by atoms with E-state index in [1.807, 2.05) is 6.92 Å². The molecule has 0 aliphatic heterocycles. The topological polar surface area (TPSA) is 50.7 Å². The van der Waals surface area contributed by atoms with Crippen molar-refractivity contribution in [3.8, 4) is 0 Å². The first-order chi connectivity index (χ1) is 9.13. The van der Waals surface area contributed by atoms with Gasteiger partial charge < -0.3 is 19.9 Å². The molecule has 0 aromatic heterocycles. The van der Waals surface area contributed by atoms with Gasteiger partial charge in [-0.2, -0.15) is 0 Å². The van der Waals surface area contributed by atoms with Gasteiger partial charge in [0.15, 0.2) is 0 Å². The van der Waals surface area contributed by atoms with Crippen molar-refractivity contribution in [1.29, 1.82) is 0 Å². The van der Waals surface area contributed by atoms with Crippen molar-refractivity contribution >= 4 is 0 Å². The van der Waals surface area contributed by atoms with Crippen molar-refractivity contribution in [2.75, 3.05) is 33.5 Å². The molecule has 0 aliphatic rings. The first-order valence-corrected chi connectivity index (χ1v) is 6.37. The van der Waals surface area contributed by atoms with E-state index in [0.717, 1.165) is 5.56 Å². The Morgan fingerprint density at radius 1 is 1.26 bits per heavy atom. The third kappa shape index (κ3) is 6.63. The number of ether oxygens (including phenoxy) is 2. The Labute approximate surface area is 113 Å². The van der Waals surface area contributed by atoms with Crippen LogP contribution in [0.2, 0.25) is 0 Å². The van der Waals surface area contributed by atoms with Gasteiger partial charge in [-0.1, -0.05) is 12.1 Å². The fourth-order valence-corrected chi connectivity index (χ4v) is 1.60. The standard InChI is InChI=1S/C14H22FNO3/c1-11(12-3-5-13(15)6-4-12)16-9-14(17)10-19-8-7-18-2/h3-6,11,14,16-17H,7-10H2,1-2H3/t11-,14?/m1/s1. The Hall–Kier alpha value is -1.01. The van der Waals surface area contributed by atoms with Gasteiger partial charge in [-0.05, 0) is 24.6 Å². The van der Waals surface area contributed by atoms with Gasteiger partial charge in [0.25, 0.3) is 0 Å². The molecule has 1 aromatic rings. The van der Waals surface area contributed by atoms with Crippen LogP contribution in [0.1, 0.15) is 18.5 Å². The second kappa shape index (κ2) is 8.98. The average Bonchev–Trinajstić information content (AvgIpc) is 2.42. The van der Waals surface area contributed by atoms with Crippen molar-refractivity contribution in [3.05, 3.63) is 35.6 Å². The van der Waals surface area contributed by atoms with E-state index in [9.17, 15) is 9.50 Å². The van der Waals surface area contributed by atoms with Crippen LogP contribution in [0.4, 0.5) is 4.39 Å². The quantitative estimate of drug-likeness (QED) is 0.668. The van der Waals surface area contributed by atoms with E-state index < -0.39 is 6.10 Å². The molecule has 0 saturated heterocycles. The minimum absolute atomic E-state index is 0.0502. The van der Waals surface area contributed by atoms with E-state index in [0.29, 0.717) is 19.8 Å². The molecule has 0 spiro atoms. The highest BCUT2D eigenvalue weighted by molar-refractivity contribution is 5.19. The van der Waals surface area contributed by atoms with Crippen LogP contribution in [0, 0.1) is 5.82 Å². The maximum atomic E-state index is 12.8. The number of aliphatic hydroxyl groups excluding tert-OH is 1. The normalized spacial score (nSPS) is 14.3. The largest absolute Gasteiger partial charge is 0.389 e. The van der Waals surface area contributed by atoms with Gasteiger partial charge in [0.1, 0.15) is 5.82 Å². The summed E-state index contributed by atoms with van der Waals surface area (Å²) in [5.74, 6) is -0.248. The number of rotatable bonds is 9. The molecule has 0 fully saturated rings. The number of benzene rings is 1. The summed E-state index contributed by atoms with van der Waals surface area (Å²) >= 11 is 0. The number of hydrogen-bond acceptors (Lipinski definition) is 4. The summed E-state index contributed by atoms with van der Waals surface area (Å²) in [5, 5.41) is 12.9. The summed E-state index contributed by atoms with van der Waals surface area (Å²) in [6, 6.07) is 6.37. The molecular formula is C14H22FNO3. The fourth-order valence-electron chi connectivity index (χ4n) is 1.60. The third-order valence-corrected chi connectivity index (χ3v) is 2.77. The van der Waals surface area contributed by atoms with Crippen molar-refractivity contribution in [2.45, 2.75) is 19.1 Å². The van der Waals surface area contributed by atoms with E-state index in [-0.39, 0.29) is 18.5 Å². The summed E-state index contributed by atoms with van der Waals surface area (Å²) in [6.45, 7) is 3.65. The Morgan fingerprint density at radius 2 is 1.95 bits per heavy atom. The van der Waals surface area contributed by atoms with E-state index in [4.69, 9.17) is 9.47 Å². The fraction of sp³-hybridized carbons (Fsp3) is 0.571. The van der Waals surface area contributed by atoms with Crippen LogP contribution in [0.3, 0.4) is 0 Å². The van der Waals surface area contributed by atoms with Gasteiger partial charge in [-0.15, -0.1) is 0 Å². The van der Waals surface area contributed by atoms with Crippen molar-refractivity contribution in [3.63, 3.8) is 0 Å². The van der Waals surface area contributed by atoms with Gasteiger partial charge in [0.05, 0.1) is 25.9 Å². The summed E-state index contributed by atoms with van der Waals surface area (Å²) in [4.78, 5) is 0. The molecule has 0 saturated carbocycles. The lowest BCUT2D eigenvalue weighted by Crippen LogP contribution is -2.32. The molecular weight excluding hydrogens is 249 g/mol. The molecule has 0 aliphatic carbocycles. The summed E-state index contributed by atoms with van der Waals surface area (Å²) in [5.41, 5.74) is 0.980. The highest BCUT2D eigenvalue weighted by atomic mass is 19.1. The van der Waals surface area contributed by atoms with Gasteiger partial charge in [-0.3, -0.25) is 0 Å². The molecule has 108 valence electrons. The van der Waals surface area contributed by atoms with Gasteiger partial charge in [-0.25, -0.2) is 4.39 Å². The monoisotopic (exact) mass is 271 g/mol. The predicted molar refractivity (Wildman–Crippen MR) is 71.5 cm³/mol. The Bertz CT molecular complexity index is 345. The van der Waals surface area contributed by atoms with Crippen molar-refractivity contribution < 1.29 is 19.0 Å². The average molecular weight is 271 g/mol. The second-order valence-corrected chi connectivity index (χ2v) is 4.40. The molecule has 5 heteroatoms. The van der Waals surface area contributed by atoms with E-state index >= 15 is 0 Å². The highest BCUT2D eigenvalue weighted by Gasteiger charge is 2.09. The van der Waals surface area contributed by atoms with Gasteiger partial charge in [0.2, 0.25) is 0 Å². The Morgan fingerprint density at radius 3 is 2.58 bits per heavy atom. The minimum atomic E-state index is -0.570. The maximum Gasteiger partial charge on any atom is 0.123 e. The minimum Gasteiger partial charge on any atom is -0.389 e. The number of nitrogens with one attached hydrogen (secondary N) is 1. The third-order valence-electron chi connectivity index (χ3n) is 2.77. The van der Waals surface area contributed by atoms with Crippen molar-refractivity contribution in [2.24, 2.45) is 0 Å². The van der Waals surface area contributed by atoms with E-state index in [1.54, 1.807) is 19.2 Å². The van der Waals surface area contributed by atoms with E-state index in [1.165, 1.54) is 12.1 Å². The lowest BCUT2D eigenvalue weighted by atomic mass is 10.1. The Balaban J connectivity index is 2.22. The predicted octanol–water partition coefficient (Wildman–Crippen LogP) is 1.50. The van der Waals surface area contributed by atoms with Crippen LogP contribution in [0.5, 0.6) is 0 Å². The molecule has 1 aromatic carbocycles. The summed E-state index contributed by atoms with van der Waals surface area (Å²) in [7, 11) is 1.60. The SMILES string of the molecule is COCCOCC(O)CN[C@H](C)c1ccc(F)cc1. The number of hydrogen-bond donors (Lipinski definition) is 2. The molecule has 1 unspecified atom stereocenters. The lowest BCUT2D eigenvalue weighted by molar-refractivity contribution is 0.0130. The molecule has 0 heterocycles. The molecule has 0 bridgehead atoms. The molecule has 0 radical (unpaired) electrons.